The SMILES string of the molecule is N#CCCCCCCCCCCNS(=O)(=O)C(S(=O)(=O)NCCCCCCCCCCC#N)S(=O)(=O)NCCCCCCCCCCC#N. The van der Waals surface area contributed by atoms with Crippen molar-refractivity contribution in [3.05, 3.63) is 0 Å². The quantitative estimate of drug-likeness (QED) is 0.0556. The van der Waals surface area contributed by atoms with Crippen LogP contribution in [0.4, 0.5) is 0 Å². The van der Waals surface area contributed by atoms with E-state index in [1.807, 2.05) is 0 Å². The van der Waals surface area contributed by atoms with Crippen LogP contribution in [0, 0.1) is 34.0 Å². The predicted molar refractivity (Wildman–Crippen MR) is 196 cm³/mol. The summed E-state index contributed by atoms with van der Waals surface area (Å²) in [6.07, 6.45) is 22.7. The molecule has 12 nitrogen and oxygen atoms in total. The highest BCUT2D eigenvalue weighted by Gasteiger charge is 2.48. The Morgan fingerprint density at radius 3 is 0.714 bits per heavy atom. The second-order valence-corrected chi connectivity index (χ2v) is 19.3. The van der Waals surface area contributed by atoms with E-state index in [1.165, 1.54) is 0 Å². The molecule has 0 unspecified atom stereocenters. The lowest BCUT2D eigenvalue weighted by Gasteiger charge is -2.20. The van der Waals surface area contributed by atoms with Crippen molar-refractivity contribution in [3.8, 4) is 18.2 Å². The standard InChI is InChI=1S/C34H64N6O6S3/c35-28-22-16-10-4-1-7-13-19-25-31-38-47(41,42)34(48(43,44)39-32-26-20-14-8-2-5-11-17-23-29-36)49(45,46)40-33-27-21-15-9-3-6-12-18-24-30-37/h34,38-40H,1-27,31-33H2. The molecule has 0 radical (unpaired) electrons. The van der Waals surface area contributed by atoms with Crippen LogP contribution in [0.25, 0.3) is 0 Å². The van der Waals surface area contributed by atoms with Crippen LogP contribution < -0.4 is 14.2 Å². The number of rotatable bonds is 36. The van der Waals surface area contributed by atoms with Gasteiger partial charge in [-0.2, -0.15) is 15.8 Å². The maximum atomic E-state index is 13.3. The van der Waals surface area contributed by atoms with E-state index in [2.05, 4.69) is 32.4 Å². The van der Waals surface area contributed by atoms with E-state index >= 15 is 0 Å². The molecule has 0 atom stereocenters. The van der Waals surface area contributed by atoms with E-state index in [-0.39, 0.29) is 19.6 Å². The van der Waals surface area contributed by atoms with Gasteiger partial charge >= 0.3 is 3.91 Å². The van der Waals surface area contributed by atoms with Crippen molar-refractivity contribution in [2.75, 3.05) is 19.6 Å². The zero-order valence-electron chi connectivity index (χ0n) is 29.8. The molecule has 0 bridgehead atoms. The summed E-state index contributed by atoms with van der Waals surface area (Å²) in [7, 11) is -14.4. The molecular weight excluding hydrogens is 685 g/mol. The van der Waals surface area contributed by atoms with Crippen LogP contribution in [0.5, 0.6) is 0 Å². The minimum absolute atomic E-state index is 0.0565. The van der Waals surface area contributed by atoms with Gasteiger partial charge in [-0.25, -0.2) is 39.4 Å². The molecule has 3 N–H and O–H groups in total. The Balaban J connectivity index is 4.96. The molecule has 0 aliphatic carbocycles. The molecule has 0 aromatic carbocycles. The van der Waals surface area contributed by atoms with Crippen LogP contribution in [0.1, 0.15) is 173 Å². The summed E-state index contributed by atoms with van der Waals surface area (Å²) in [5, 5.41) is 25.8. The van der Waals surface area contributed by atoms with Gasteiger partial charge in [0.05, 0.1) is 18.2 Å². The van der Waals surface area contributed by atoms with Crippen molar-refractivity contribution in [2.45, 2.75) is 177 Å². The summed E-state index contributed by atoms with van der Waals surface area (Å²) in [5.41, 5.74) is 0. The Bertz CT molecular complexity index is 1120. The third kappa shape index (κ3) is 26.6. The maximum absolute atomic E-state index is 13.3. The third-order valence-electron chi connectivity index (χ3n) is 8.32. The number of hydrogen-bond acceptors (Lipinski definition) is 9. The number of nitrogens with zero attached hydrogens (tertiary/aromatic N) is 3. The molecule has 0 fully saturated rings. The average Bonchev–Trinajstić information content (AvgIpc) is 3.04. The molecule has 0 heterocycles. The molecule has 49 heavy (non-hydrogen) atoms. The second-order valence-electron chi connectivity index (χ2n) is 12.8. The van der Waals surface area contributed by atoms with Crippen LogP contribution in [-0.4, -0.2) is 48.8 Å². The topological polar surface area (TPSA) is 210 Å². The van der Waals surface area contributed by atoms with Crippen molar-refractivity contribution >= 4 is 30.1 Å². The fourth-order valence-corrected chi connectivity index (χ4v) is 12.4. The zero-order valence-corrected chi connectivity index (χ0v) is 32.3. The van der Waals surface area contributed by atoms with Gasteiger partial charge in [0.1, 0.15) is 0 Å². The highest BCUT2D eigenvalue weighted by molar-refractivity contribution is 8.22. The minimum atomic E-state index is -4.79. The monoisotopic (exact) mass is 748 g/mol. The van der Waals surface area contributed by atoms with Crippen molar-refractivity contribution in [1.29, 1.82) is 15.8 Å². The second kappa shape index (κ2) is 31.0. The molecule has 0 saturated carbocycles. The summed E-state index contributed by atoms with van der Waals surface area (Å²) in [6.45, 7) is -0.169. The Hall–Kier alpha value is -1.80. The summed E-state index contributed by atoms with van der Waals surface area (Å²) in [4.78, 5) is 0. The first-order valence-corrected chi connectivity index (χ1v) is 23.3. The fourth-order valence-electron chi connectivity index (χ4n) is 5.52. The normalized spacial score (nSPS) is 12.1. The van der Waals surface area contributed by atoms with Gasteiger partial charge in [-0.05, 0) is 38.5 Å². The number of nitrogens with one attached hydrogen (secondary N) is 3. The average molecular weight is 749 g/mol. The highest BCUT2D eigenvalue weighted by Crippen LogP contribution is 2.17. The van der Waals surface area contributed by atoms with E-state index in [9.17, 15) is 25.3 Å². The first-order valence-electron chi connectivity index (χ1n) is 18.6. The van der Waals surface area contributed by atoms with Crippen molar-refractivity contribution in [1.82, 2.24) is 14.2 Å². The van der Waals surface area contributed by atoms with Gasteiger partial charge in [0.25, 0.3) is 0 Å². The highest BCUT2D eigenvalue weighted by atomic mass is 32.3. The molecule has 0 amide bonds. The van der Waals surface area contributed by atoms with Crippen LogP contribution in [0.2, 0.25) is 0 Å². The van der Waals surface area contributed by atoms with Crippen LogP contribution in [0.3, 0.4) is 0 Å². The lowest BCUT2D eigenvalue weighted by Crippen LogP contribution is -2.53. The minimum Gasteiger partial charge on any atom is -0.213 e. The van der Waals surface area contributed by atoms with Gasteiger partial charge in [-0.1, -0.05) is 116 Å². The molecular formula is C34H64N6O6S3. The number of hydrogen-bond donors (Lipinski definition) is 3. The van der Waals surface area contributed by atoms with Gasteiger partial charge in [-0.3, -0.25) is 0 Å². The Morgan fingerprint density at radius 2 is 0.510 bits per heavy atom. The van der Waals surface area contributed by atoms with Gasteiger partial charge in [0.15, 0.2) is 0 Å². The number of unbranched alkanes of at least 4 members (excludes halogenated alkanes) is 24. The lowest BCUT2D eigenvalue weighted by molar-refractivity contribution is 0.541. The van der Waals surface area contributed by atoms with Crippen molar-refractivity contribution in [3.63, 3.8) is 0 Å². The first-order chi connectivity index (χ1) is 23.5. The van der Waals surface area contributed by atoms with Gasteiger partial charge in [-0.15, -0.1) is 0 Å². The van der Waals surface area contributed by atoms with E-state index in [4.69, 9.17) is 15.8 Å². The van der Waals surface area contributed by atoms with Gasteiger partial charge < -0.3 is 0 Å². The third-order valence-corrected chi connectivity index (χ3v) is 16.2. The van der Waals surface area contributed by atoms with Gasteiger partial charge in [0.2, 0.25) is 30.1 Å². The maximum Gasteiger partial charge on any atom is 0.303 e. The Labute approximate surface area is 299 Å². The summed E-state index contributed by atoms with van der Waals surface area (Å²) >= 11 is 0. The van der Waals surface area contributed by atoms with Crippen molar-refractivity contribution in [2.24, 2.45) is 0 Å². The van der Waals surface area contributed by atoms with Crippen LogP contribution >= 0.6 is 0 Å². The predicted octanol–water partition coefficient (Wildman–Crippen LogP) is 7.13. The van der Waals surface area contributed by atoms with E-state index in [1.54, 1.807) is 0 Å². The van der Waals surface area contributed by atoms with Crippen molar-refractivity contribution < 1.29 is 25.3 Å². The molecule has 0 aromatic rings. The van der Waals surface area contributed by atoms with Gasteiger partial charge in [0, 0.05) is 38.9 Å². The van der Waals surface area contributed by atoms with Crippen LogP contribution in [-0.2, 0) is 30.1 Å². The number of sulfonamides is 3. The molecule has 15 heteroatoms. The smallest absolute Gasteiger partial charge is 0.213 e. The summed E-state index contributed by atoms with van der Waals surface area (Å²) < 4.78 is 83.7. The molecule has 0 spiro atoms. The molecule has 0 rings (SSSR count). The van der Waals surface area contributed by atoms with E-state index in [0.717, 1.165) is 135 Å². The summed E-state index contributed by atoms with van der Waals surface area (Å²) in [5.74, 6) is 0. The largest absolute Gasteiger partial charge is 0.303 e. The Kier molecular flexibility index (Phi) is 29.8. The lowest BCUT2D eigenvalue weighted by atomic mass is 10.1. The number of nitriles is 3. The summed E-state index contributed by atoms with van der Waals surface area (Å²) in [6, 6.07) is 6.40. The molecule has 0 aliphatic rings. The van der Waals surface area contributed by atoms with Crippen LogP contribution in [0.15, 0.2) is 0 Å². The molecule has 284 valence electrons. The fraction of sp³-hybridized carbons (Fsp3) is 0.912. The Morgan fingerprint density at radius 1 is 0.327 bits per heavy atom. The molecule has 0 aromatic heterocycles. The van der Waals surface area contributed by atoms with E-state index < -0.39 is 34.0 Å². The molecule has 0 aliphatic heterocycles. The zero-order chi connectivity index (χ0) is 36.5. The van der Waals surface area contributed by atoms with E-state index in [0.29, 0.717) is 38.5 Å². The first kappa shape index (κ1) is 47.2. The molecule has 0 saturated heterocycles.